The van der Waals surface area contributed by atoms with E-state index in [-0.39, 0.29) is 5.38 Å². The van der Waals surface area contributed by atoms with Crippen LogP contribution >= 0.6 is 36.3 Å². The van der Waals surface area contributed by atoms with E-state index in [1.165, 1.54) is 54.6 Å². The quantitative estimate of drug-likeness (QED) is 0.0493. The third kappa shape index (κ3) is 33.4. The Balaban J connectivity index is -0.000000772. The second-order valence-corrected chi connectivity index (χ2v) is 15.8. The first kappa shape index (κ1) is 59.2. The summed E-state index contributed by atoms with van der Waals surface area (Å²) in [5.74, 6) is 1.82. The molecular weight excluding hydrogens is 768 g/mol. The predicted molar refractivity (Wildman–Crippen MR) is 257 cm³/mol. The maximum absolute atomic E-state index is 9.29. The van der Waals surface area contributed by atoms with E-state index in [9.17, 15) is 4.79 Å². The zero-order valence-electron chi connectivity index (χ0n) is 38.7. The number of carbonyl (C=O) groups excluding carboxylic acids is 1. The average Bonchev–Trinajstić information content (AvgIpc) is 4.10. The largest absolute Gasteiger partial charge is 0.494 e. The standard InChI is InChI=1S/C23H34ClNS.C10H14O2S.C4H10.C3H7NO.2C3H8.C2H4O/c1-6-8-17(3)25(5)23(18(4)19-11-13-21(26)14-12-19)20-9-7-10-22(24)16(2)15-20;1-3-11-9-6-5-7-10(8-9)13-12-4-2;1-3-4-2;1-2-4-3-5;2*1-3-2;1-2-3-1/h8-9,11-14,16,18,22-23,26H,6-7,10,15H2,1-5H3;5-8H,3-4H2,1-2H3;3-4H2,1-2H3;3H,2H2,1H3,(H,4,5);2*3H2,1-2H3;1-2H2/b17-8+;;;;;;. The number of hydrogen-bond acceptors (Lipinski definition) is 7. The monoisotopic (exact) mass is 853 g/mol. The van der Waals surface area contributed by atoms with Gasteiger partial charge in [-0.15, -0.1) is 24.2 Å². The van der Waals surface area contributed by atoms with Gasteiger partial charge in [-0.05, 0) is 95.2 Å². The van der Waals surface area contributed by atoms with E-state index in [0.717, 1.165) is 61.0 Å². The van der Waals surface area contributed by atoms with E-state index < -0.39 is 0 Å². The number of amides is 1. The molecule has 0 bridgehead atoms. The van der Waals surface area contributed by atoms with Crippen LogP contribution in [0.25, 0.3) is 0 Å². The van der Waals surface area contributed by atoms with Gasteiger partial charge in [0.05, 0.1) is 32.5 Å². The number of nitrogens with one attached hydrogen (secondary N) is 1. The molecule has 1 heterocycles. The molecule has 1 N–H and O–H groups in total. The van der Waals surface area contributed by atoms with Gasteiger partial charge in [0, 0.05) is 52.4 Å². The van der Waals surface area contributed by atoms with E-state index in [1.54, 1.807) is 0 Å². The SMILES string of the molecule is C1CO1.CC/C=C(\C)N(C)C(C1=CCCC(Cl)C(C)C1)C(C)c1ccc(S)cc1.CCC.CCC.CCCC.CCNC=O.CCOSc1cccc(OCC)c1. The topological polar surface area (TPSA) is 63.3 Å². The Kier molecular flexibility index (Phi) is 43.7. The number of unbranched alkanes of at least 4 members (excludes halogenated alkanes) is 1. The highest BCUT2D eigenvalue weighted by Crippen LogP contribution is 2.37. The number of halogens is 1. The van der Waals surface area contributed by atoms with E-state index in [0.29, 0.717) is 37.5 Å². The molecule has 1 saturated heterocycles. The lowest BCUT2D eigenvalue weighted by Crippen LogP contribution is -2.37. The van der Waals surface area contributed by atoms with Gasteiger partial charge in [-0.1, -0.05) is 124 Å². The fraction of sp³-hybridized carbons (Fsp3) is 0.646. The van der Waals surface area contributed by atoms with Crippen molar-refractivity contribution in [2.75, 3.05) is 40.0 Å². The van der Waals surface area contributed by atoms with E-state index in [1.807, 2.05) is 45.0 Å². The number of ether oxygens (including phenoxy) is 2. The highest BCUT2D eigenvalue weighted by molar-refractivity contribution is 7.94. The Bertz CT molecular complexity index is 1240. The summed E-state index contributed by atoms with van der Waals surface area (Å²) in [6.07, 6.45) is 14.9. The molecule has 9 heteroatoms. The van der Waals surface area contributed by atoms with Gasteiger partial charge in [0.15, 0.2) is 0 Å². The summed E-state index contributed by atoms with van der Waals surface area (Å²) in [7, 11) is 2.24. The molecule has 1 aliphatic carbocycles. The number of rotatable bonds is 14. The fourth-order valence-corrected chi connectivity index (χ4v) is 5.97. The van der Waals surface area contributed by atoms with Crippen molar-refractivity contribution in [1.82, 2.24) is 10.2 Å². The molecule has 1 aliphatic heterocycles. The van der Waals surface area contributed by atoms with Crippen molar-refractivity contribution in [3.05, 3.63) is 77.5 Å². The van der Waals surface area contributed by atoms with Gasteiger partial charge in [-0.2, -0.15) is 0 Å². The molecular formula is C48H85ClN2O4S2. The number of nitrogens with zero attached hydrogens (tertiary/aromatic N) is 1. The van der Waals surface area contributed by atoms with Gasteiger partial charge >= 0.3 is 0 Å². The highest BCUT2D eigenvalue weighted by Gasteiger charge is 2.30. The van der Waals surface area contributed by atoms with Crippen LogP contribution in [0.3, 0.4) is 0 Å². The molecule has 4 unspecified atom stereocenters. The first-order chi connectivity index (χ1) is 27.4. The van der Waals surface area contributed by atoms with Crippen molar-refractivity contribution in [3.63, 3.8) is 0 Å². The summed E-state index contributed by atoms with van der Waals surface area (Å²) in [4.78, 5) is 13.9. The lowest BCUT2D eigenvalue weighted by Gasteiger charge is -2.38. The number of carbonyl (C=O) groups is 1. The molecule has 0 aromatic heterocycles. The van der Waals surface area contributed by atoms with Crippen LogP contribution in [0.4, 0.5) is 0 Å². The molecule has 4 rings (SSSR count). The molecule has 1 amide bonds. The molecule has 2 aromatic rings. The van der Waals surface area contributed by atoms with Crippen molar-refractivity contribution in [2.45, 2.75) is 169 Å². The number of benzene rings is 2. The van der Waals surface area contributed by atoms with Crippen LogP contribution in [0.1, 0.15) is 153 Å². The number of likely N-dealkylation sites (N-methyl/N-ethyl adjacent to an activating group) is 1. The Morgan fingerprint density at radius 3 is 2.00 bits per heavy atom. The zero-order valence-corrected chi connectivity index (χ0v) is 41.1. The van der Waals surface area contributed by atoms with Crippen molar-refractivity contribution < 1.29 is 18.5 Å². The first-order valence-electron chi connectivity index (χ1n) is 21.7. The summed E-state index contributed by atoms with van der Waals surface area (Å²) in [5, 5.41) is 2.71. The Labute approximate surface area is 367 Å². The van der Waals surface area contributed by atoms with Crippen LogP contribution in [-0.4, -0.2) is 62.7 Å². The third-order valence-electron chi connectivity index (χ3n) is 8.15. The van der Waals surface area contributed by atoms with Crippen LogP contribution < -0.4 is 10.1 Å². The third-order valence-corrected chi connectivity index (χ3v) is 9.90. The summed E-state index contributed by atoms with van der Waals surface area (Å²) >= 11 is 12.4. The van der Waals surface area contributed by atoms with Crippen molar-refractivity contribution in [1.29, 1.82) is 0 Å². The van der Waals surface area contributed by atoms with E-state index in [4.69, 9.17) is 20.5 Å². The summed E-state index contributed by atoms with van der Waals surface area (Å²) in [5.41, 5.74) is 4.24. The normalized spacial score (nSPS) is 16.1. The molecule has 1 fully saturated rings. The maximum Gasteiger partial charge on any atom is 0.207 e. The van der Waals surface area contributed by atoms with Gasteiger partial charge in [0.25, 0.3) is 0 Å². The molecule has 0 radical (unpaired) electrons. The van der Waals surface area contributed by atoms with Crippen molar-refractivity contribution in [3.8, 4) is 5.75 Å². The zero-order chi connectivity index (χ0) is 43.9. The van der Waals surface area contributed by atoms with Gasteiger partial charge in [-0.25, -0.2) is 0 Å². The van der Waals surface area contributed by atoms with Crippen LogP contribution in [0.15, 0.2) is 81.7 Å². The van der Waals surface area contributed by atoms with Gasteiger partial charge in [0.2, 0.25) is 6.41 Å². The van der Waals surface area contributed by atoms with Crippen LogP contribution in [-0.2, 0) is 13.7 Å². The number of hydrogen-bond donors (Lipinski definition) is 2. The minimum atomic E-state index is 0.278. The summed E-state index contributed by atoms with van der Waals surface area (Å²) in [6.45, 7) is 31.9. The minimum Gasteiger partial charge on any atom is -0.494 e. The molecule has 57 heavy (non-hydrogen) atoms. The van der Waals surface area contributed by atoms with Gasteiger partial charge in [-0.3, -0.25) is 4.79 Å². The molecule has 0 spiro atoms. The Morgan fingerprint density at radius 1 is 0.982 bits per heavy atom. The van der Waals surface area contributed by atoms with E-state index in [2.05, 4.69) is 140 Å². The van der Waals surface area contributed by atoms with Crippen molar-refractivity contribution in [2.24, 2.45) is 5.92 Å². The van der Waals surface area contributed by atoms with Gasteiger partial charge < -0.3 is 23.9 Å². The second kappa shape index (κ2) is 42.0. The minimum absolute atomic E-state index is 0.278. The summed E-state index contributed by atoms with van der Waals surface area (Å²) in [6, 6.07) is 16.9. The Hall–Kier alpha value is -2.10. The van der Waals surface area contributed by atoms with Crippen LogP contribution in [0, 0.1) is 5.92 Å². The Morgan fingerprint density at radius 2 is 1.56 bits per heavy atom. The van der Waals surface area contributed by atoms with Crippen LogP contribution in [0.2, 0.25) is 0 Å². The molecule has 2 aliphatic rings. The lowest BCUT2D eigenvalue weighted by atomic mass is 9.83. The van der Waals surface area contributed by atoms with Crippen LogP contribution in [0.5, 0.6) is 5.75 Å². The molecule has 2 aromatic carbocycles. The molecule has 0 saturated carbocycles. The molecule has 330 valence electrons. The summed E-state index contributed by atoms with van der Waals surface area (Å²) < 4.78 is 15.1. The number of allylic oxidation sites excluding steroid dienone is 3. The van der Waals surface area contributed by atoms with Crippen molar-refractivity contribution >= 4 is 42.7 Å². The first-order valence-corrected chi connectivity index (χ1v) is 23.3. The fourth-order valence-electron chi connectivity index (χ4n) is 5.05. The number of alkyl halides is 1. The average molecular weight is 854 g/mol. The van der Waals surface area contributed by atoms with E-state index >= 15 is 0 Å². The maximum atomic E-state index is 9.29. The second-order valence-electron chi connectivity index (χ2n) is 13.8. The van der Waals surface area contributed by atoms with Gasteiger partial charge in [0.1, 0.15) is 5.75 Å². The number of epoxide rings is 1. The molecule has 4 atom stereocenters. The lowest BCUT2D eigenvalue weighted by molar-refractivity contribution is -0.109. The smallest absolute Gasteiger partial charge is 0.207 e. The predicted octanol–water partition coefficient (Wildman–Crippen LogP) is 14.6. The molecule has 6 nitrogen and oxygen atoms in total. The number of thiol groups is 1. The highest BCUT2D eigenvalue weighted by atomic mass is 35.5.